The van der Waals surface area contributed by atoms with Crippen LogP contribution in [0.3, 0.4) is 0 Å². The van der Waals surface area contributed by atoms with Crippen LogP contribution in [0.2, 0.25) is 0 Å². The second-order valence-electron chi connectivity index (χ2n) is 5.38. The topological polar surface area (TPSA) is 54.2 Å². The summed E-state index contributed by atoms with van der Waals surface area (Å²) in [6, 6.07) is 3.85. The number of aryl methyl sites for hydroxylation is 1. The summed E-state index contributed by atoms with van der Waals surface area (Å²) in [6.45, 7) is 8.87. The Morgan fingerprint density at radius 1 is 1.39 bits per heavy atom. The van der Waals surface area contributed by atoms with E-state index < -0.39 is 0 Å². The van der Waals surface area contributed by atoms with E-state index in [1.54, 1.807) is 0 Å². The molecule has 2 rings (SSSR count). The molecule has 1 aromatic heterocycles. The van der Waals surface area contributed by atoms with Crippen LogP contribution in [0.15, 0.2) is 12.1 Å². The SMILES string of the molecule is Cc1ccc(N)c(NCC(C)CN2CCCC2)n1. The number of nitrogen functional groups attached to an aromatic ring is 1. The molecule has 1 aromatic rings. The third kappa shape index (κ3) is 3.60. The molecule has 1 unspecified atom stereocenters. The number of hydrogen-bond donors (Lipinski definition) is 2. The molecule has 4 nitrogen and oxygen atoms in total. The number of nitrogens with two attached hydrogens (primary N) is 1. The highest BCUT2D eigenvalue weighted by molar-refractivity contribution is 5.61. The summed E-state index contributed by atoms with van der Waals surface area (Å²) >= 11 is 0. The summed E-state index contributed by atoms with van der Waals surface area (Å²) in [6.07, 6.45) is 2.71. The van der Waals surface area contributed by atoms with Gasteiger partial charge in [-0.3, -0.25) is 0 Å². The van der Waals surface area contributed by atoms with Crippen LogP contribution in [0.5, 0.6) is 0 Å². The van der Waals surface area contributed by atoms with Gasteiger partial charge in [0.25, 0.3) is 0 Å². The predicted molar refractivity (Wildman–Crippen MR) is 76.7 cm³/mol. The van der Waals surface area contributed by atoms with Crippen molar-refractivity contribution in [1.29, 1.82) is 0 Å². The molecule has 0 amide bonds. The number of aromatic nitrogens is 1. The van der Waals surface area contributed by atoms with Crippen LogP contribution in [-0.4, -0.2) is 36.1 Å². The number of hydrogen-bond acceptors (Lipinski definition) is 4. The maximum absolute atomic E-state index is 5.90. The minimum absolute atomic E-state index is 0.616. The van der Waals surface area contributed by atoms with Crippen LogP contribution in [0.4, 0.5) is 11.5 Å². The Balaban J connectivity index is 1.81. The first-order chi connectivity index (χ1) is 8.65. The Morgan fingerprint density at radius 2 is 2.11 bits per heavy atom. The van der Waals surface area contributed by atoms with Crippen LogP contribution >= 0.6 is 0 Å². The smallest absolute Gasteiger partial charge is 0.149 e. The fourth-order valence-corrected chi connectivity index (χ4v) is 2.45. The molecule has 1 aliphatic heterocycles. The van der Waals surface area contributed by atoms with Crippen molar-refractivity contribution in [3.63, 3.8) is 0 Å². The van der Waals surface area contributed by atoms with Gasteiger partial charge < -0.3 is 16.0 Å². The molecule has 1 aliphatic rings. The van der Waals surface area contributed by atoms with E-state index in [0.717, 1.165) is 23.7 Å². The van der Waals surface area contributed by atoms with Crippen LogP contribution in [0.25, 0.3) is 0 Å². The van der Waals surface area contributed by atoms with E-state index in [0.29, 0.717) is 5.92 Å². The van der Waals surface area contributed by atoms with Gasteiger partial charge in [-0.05, 0) is 50.9 Å². The normalized spacial score (nSPS) is 17.9. The summed E-state index contributed by atoms with van der Waals surface area (Å²) in [4.78, 5) is 6.97. The van der Waals surface area contributed by atoms with Crippen molar-refractivity contribution in [2.45, 2.75) is 26.7 Å². The lowest BCUT2D eigenvalue weighted by atomic mass is 10.1. The van der Waals surface area contributed by atoms with Gasteiger partial charge in [0, 0.05) is 18.8 Å². The van der Waals surface area contributed by atoms with Gasteiger partial charge in [-0.15, -0.1) is 0 Å². The average Bonchev–Trinajstić information content (AvgIpc) is 2.83. The Morgan fingerprint density at radius 3 is 2.83 bits per heavy atom. The van der Waals surface area contributed by atoms with Crippen molar-refractivity contribution >= 4 is 11.5 Å². The molecule has 0 spiro atoms. The Kier molecular flexibility index (Phi) is 4.42. The maximum Gasteiger partial charge on any atom is 0.149 e. The standard InChI is InChI=1S/C14H24N4/c1-11(10-18-7-3-4-8-18)9-16-14-13(15)6-5-12(2)17-14/h5-6,11H,3-4,7-10,15H2,1-2H3,(H,16,17). The average molecular weight is 248 g/mol. The largest absolute Gasteiger partial charge is 0.396 e. The first kappa shape index (κ1) is 13.1. The van der Waals surface area contributed by atoms with E-state index in [9.17, 15) is 0 Å². The van der Waals surface area contributed by atoms with E-state index in [2.05, 4.69) is 22.1 Å². The molecule has 18 heavy (non-hydrogen) atoms. The molecule has 100 valence electrons. The molecule has 0 aromatic carbocycles. The minimum Gasteiger partial charge on any atom is -0.396 e. The van der Waals surface area contributed by atoms with Crippen LogP contribution in [0.1, 0.15) is 25.5 Å². The predicted octanol–water partition coefficient (Wildman–Crippen LogP) is 2.12. The summed E-state index contributed by atoms with van der Waals surface area (Å²) in [5.41, 5.74) is 7.63. The van der Waals surface area contributed by atoms with E-state index in [4.69, 9.17) is 5.73 Å². The van der Waals surface area contributed by atoms with Gasteiger partial charge in [-0.2, -0.15) is 0 Å². The van der Waals surface area contributed by atoms with Crippen LogP contribution in [-0.2, 0) is 0 Å². The highest BCUT2D eigenvalue weighted by Gasteiger charge is 2.14. The Hall–Kier alpha value is -1.29. The fourth-order valence-electron chi connectivity index (χ4n) is 2.45. The van der Waals surface area contributed by atoms with Crippen LogP contribution in [0, 0.1) is 12.8 Å². The molecule has 0 saturated carbocycles. The minimum atomic E-state index is 0.616. The third-order valence-corrected chi connectivity index (χ3v) is 3.45. The molecule has 0 radical (unpaired) electrons. The van der Waals surface area contributed by atoms with Gasteiger partial charge in [-0.1, -0.05) is 6.92 Å². The quantitative estimate of drug-likeness (QED) is 0.838. The summed E-state index contributed by atoms with van der Waals surface area (Å²) < 4.78 is 0. The lowest BCUT2D eigenvalue weighted by Gasteiger charge is -2.21. The van der Waals surface area contributed by atoms with Crippen molar-refractivity contribution in [3.8, 4) is 0 Å². The molecule has 2 heterocycles. The van der Waals surface area contributed by atoms with E-state index in [1.165, 1.54) is 32.5 Å². The van der Waals surface area contributed by atoms with Crippen LogP contribution < -0.4 is 11.1 Å². The lowest BCUT2D eigenvalue weighted by Crippen LogP contribution is -2.29. The summed E-state index contributed by atoms with van der Waals surface area (Å²) in [5, 5.41) is 3.36. The maximum atomic E-state index is 5.90. The lowest BCUT2D eigenvalue weighted by molar-refractivity contribution is 0.294. The molecular weight excluding hydrogens is 224 g/mol. The van der Waals surface area contributed by atoms with Gasteiger partial charge >= 0.3 is 0 Å². The first-order valence-corrected chi connectivity index (χ1v) is 6.84. The summed E-state index contributed by atoms with van der Waals surface area (Å²) in [5.74, 6) is 1.44. The zero-order valence-corrected chi connectivity index (χ0v) is 11.4. The van der Waals surface area contributed by atoms with Gasteiger partial charge in [0.1, 0.15) is 5.82 Å². The van der Waals surface area contributed by atoms with Crippen molar-refractivity contribution in [2.24, 2.45) is 5.92 Å². The molecule has 1 atom stereocenters. The van der Waals surface area contributed by atoms with Crippen molar-refractivity contribution < 1.29 is 0 Å². The van der Waals surface area contributed by atoms with E-state index in [-0.39, 0.29) is 0 Å². The molecule has 0 aliphatic carbocycles. The molecular formula is C14H24N4. The highest BCUT2D eigenvalue weighted by Crippen LogP contribution is 2.16. The van der Waals surface area contributed by atoms with Crippen molar-refractivity contribution in [2.75, 3.05) is 37.2 Å². The highest BCUT2D eigenvalue weighted by atomic mass is 15.1. The second-order valence-corrected chi connectivity index (χ2v) is 5.38. The van der Waals surface area contributed by atoms with Crippen molar-refractivity contribution in [1.82, 2.24) is 9.88 Å². The number of likely N-dealkylation sites (tertiary alicyclic amines) is 1. The fraction of sp³-hybridized carbons (Fsp3) is 0.643. The number of nitrogens with one attached hydrogen (secondary N) is 1. The zero-order valence-electron chi connectivity index (χ0n) is 11.4. The summed E-state index contributed by atoms with van der Waals surface area (Å²) in [7, 11) is 0. The van der Waals surface area contributed by atoms with Crippen molar-refractivity contribution in [3.05, 3.63) is 17.8 Å². The molecule has 3 N–H and O–H groups in total. The number of anilines is 2. The zero-order chi connectivity index (χ0) is 13.0. The molecule has 4 heteroatoms. The number of rotatable bonds is 5. The Labute approximate surface area is 110 Å². The first-order valence-electron chi connectivity index (χ1n) is 6.84. The van der Waals surface area contributed by atoms with E-state index in [1.807, 2.05) is 19.1 Å². The van der Waals surface area contributed by atoms with Gasteiger partial charge in [0.15, 0.2) is 0 Å². The third-order valence-electron chi connectivity index (χ3n) is 3.45. The van der Waals surface area contributed by atoms with Gasteiger partial charge in [0.05, 0.1) is 5.69 Å². The molecule has 1 saturated heterocycles. The molecule has 0 bridgehead atoms. The second kappa shape index (κ2) is 6.05. The number of nitrogens with zero attached hydrogens (tertiary/aromatic N) is 2. The number of pyridine rings is 1. The van der Waals surface area contributed by atoms with Gasteiger partial charge in [0.2, 0.25) is 0 Å². The Bertz CT molecular complexity index is 385. The van der Waals surface area contributed by atoms with E-state index >= 15 is 0 Å². The monoisotopic (exact) mass is 248 g/mol. The van der Waals surface area contributed by atoms with Gasteiger partial charge in [-0.25, -0.2) is 4.98 Å². The molecule has 1 fully saturated rings.